The number of pyridine rings is 1. The smallest absolute Gasteiger partial charge is 0.147 e. The lowest BCUT2D eigenvalue weighted by atomic mass is 9.78. The number of para-hydroxylation sites is 2. The number of aromatic nitrogens is 5. The molecule has 0 amide bonds. The summed E-state index contributed by atoms with van der Waals surface area (Å²) < 4.78 is 28.9. The number of nitrogens with zero attached hydrogens (tertiary/aromatic N) is 4. The van der Waals surface area contributed by atoms with Crippen LogP contribution < -0.4 is 0 Å². The van der Waals surface area contributed by atoms with Gasteiger partial charge in [-0.2, -0.15) is 0 Å². The molecule has 5 nitrogen and oxygen atoms in total. The monoisotopic (exact) mass is 834 g/mol. The molecule has 0 saturated heterocycles. The van der Waals surface area contributed by atoms with E-state index in [1.54, 1.807) is 12.1 Å². The fraction of sp³-hybridized carbons (Fsp3) is 0.186. The van der Waals surface area contributed by atoms with Crippen LogP contribution in [0.5, 0.6) is 0 Å². The maximum Gasteiger partial charge on any atom is 0.147 e. The Labute approximate surface area is 379 Å². The topological polar surface area (TPSA) is 51.4 Å². The van der Waals surface area contributed by atoms with Crippen molar-refractivity contribution in [3.63, 3.8) is 0 Å². The van der Waals surface area contributed by atoms with E-state index in [1.165, 1.54) is 33.0 Å². The maximum absolute atomic E-state index is 8.12. The predicted octanol–water partition coefficient (Wildman–Crippen LogP) is 15.5. The number of hydrogen-bond acceptors (Lipinski definition) is 2. The highest BCUT2D eigenvalue weighted by atomic mass is 15.1. The summed E-state index contributed by atoms with van der Waals surface area (Å²) in [5.74, 6) is 1.98. The normalized spacial score (nSPS) is 13.4. The summed E-state index contributed by atoms with van der Waals surface area (Å²) in [7, 11) is 0. The second kappa shape index (κ2) is 14.7. The average molecular weight is 835 g/mol. The lowest BCUT2D eigenvalue weighted by Crippen LogP contribution is -2.18. The Hall–Kier alpha value is -7.24. The third-order valence-electron chi connectivity index (χ3n) is 13.5. The highest BCUT2D eigenvalue weighted by Crippen LogP contribution is 2.43. The predicted molar refractivity (Wildman–Crippen MR) is 270 cm³/mol. The quantitative estimate of drug-likeness (QED) is 0.174. The molecule has 0 unspecified atom stereocenters. The van der Waals surface area contributed by atoms with Crippen LogP contribution in [0.25, 0.3) is 88.7 Å². The molecule has 0 aliphatic carbocycles. The summed E-state index contributed by atoms with van der Waals surface area (Å²) in [5.41, 5.74) is 14.8. The van der Waals surface area contributed by atoms with Gasteiger partial charge in [0, 0.05) is 59.6 Å². The zero-order valence-electron chi connectivity index (χ0n) is 40.5. The molecule has 4 heterocycles. The maximum atomic E-state index is 8.12. The summed E-state index contributed by atoms with van der Waals surface area (Å²) in [4.78, 5) is 14.4. The molecule has 0 spiro atoms. The highest BCUT2D eigenvalue weighted by molar-refractivity contribution is 6.14. The standard InChI is InChI=1S/C59H53N5/c1-36(2)38-31-32-60-53(34-38)64-50-30-26-41(59(7,8)40-15-10-9-11-16-40)35-47(50)44-29-25-39(33-52(44)64)43-17-13-22-51-56(43)62-57(63(51)42-27-23-37(3)24-28-42)46-19-12-18-45-54-48(58(4,5)6)20-14-21-49(54)61-55(45)46/h9-36,61H,1-8H3/i3D3. The second-order valence-electron chi connectivity index (χ2n) is 19.2. The molecule has 0 fully saturated rings. The van der Waals surface area contributed by atoms with Crippen LogP contribution in [0.1, 0.15) is 86.3 Å². The number of benzene rings is 7. The van der Waals surface area contributed by atoms with Crippen LogP contribution in [0, 0.1) is 6.85 Å². The summed E-state index contributed by atoms with van der Waals surface area (Å²) in [6, 6.07) is 55.3. The van der Waals surface area contributed by atoms with Crippen LogP contribution in [0.4, 0.5) is 0 Å². The van der Waals surface area contributed by atoms with Gasteiger partial charge in [0.1, 0.15) is 11.6 Å². The molecule has 7 aromatic carbocycles. The molecule has 64 heavy (non-hydrogen) atoms. The molecule has 0 radical (unpaired) electrons. The molecular formula is C59H53N5. The van der Waals surface area contributed by atoms with E-state index in [2.05, 4.69) is 196 Å². The molecule has 0 atom stereocenters. The first-order valence-electron chi connectivity index (χ1n) is 23.9. The van der Waals surface area contributed by atoms with Gasteiger partial charge in [0.05, 0.1) is 27.6 Å². The Balaban J connectivity index is 1.16. The average Bonchev–Trinajstić information content (AvgIpc) is 4.01. The molecule has 0 aliphatic heterocycles. The van der Waals surface area contributed by atoms with Gasteiger partial charge in [-0.25, -0.2) is 9.97 Å². The molecule has 0 bridgehead atoms. The molecule has 4 aromatic heterocycles. The SMILES string of the molecule is [2H]C([2H])([2H])c1ccc(-n2c(-c3cccc4c3[nH]c3cccc(C(C)(C)C)c34)nc3c(-c4ccc5c6cc(C(C)(C)c7ccccc7)ccc6n(-c6cc(C(C)C)ccn6)c5c4)cccc32)cc1. The fourth-order valence-electron chi connectivity index (χ4n) is 9.93. The van der Waals surface area contributed by atoms with Crippen LogP contribution in [-0.4, -0.2) is 24.1 Å². The minimum atomic E-state index is -2.22. The van der Waals surface area contributed by atoms with Crippen LogP contribution >= 0.6 is 0 Å². The van der Waals surface area contributed by atoms with Gasteiger partial charge in [-0.1, -0.05) is 151 Å². The van der Waals surface area contributed by atoms with E-state index in [4.69, 9.17) is 14.1 Å². The van der Waals surface area contributed by atoms with Crippen molar-refractivity contribution in [2.24, 2.45) is 0 Å². The van der Waals surface area contributed by atoms with E-state index >= 15 is 0 Å². The first kappa shape index (κ1) is 36.3. The molecule has 0 aliphatic rings. The number of nitrogens with one attached hydrogen (secondary N) is 1. The molecule has 0 saturated carbocycles. The van der Waals surface area contributed by atoms with Crippen molar-refractivity contribution in [3.05, 3.63) is 192 Å². The fourth-order valence-corrected chi connectivity index (χ4v) is 9.93. The van der Waals surface area contributed by atoms with Crippen LogP contribution in [0.2, 0.25) is 0 Å². The Bertz CT molecular complexity index is 3710. The lowest BCUT2D eigenvalue weighted by Gasteiger charge is -2.26. The van der Waals surface area contributed by atoms with Crippen molar-refractivity contribution in [1.29, 1.82) is 0 Å². The summed E-state index contributed by atoms with van der Waals surface area (Å²) >= 11 is 0. The second-order valence-corrected chi connectivity index (χ2v) is 19.2. The zero-order chi connectivity index (χ0) is 46.6. The third-order valence-corrected chi connectivity index (χ3v) is 13.5. The minimum absolute atomic E-state index is 0.0711. The number of H-pyrrole nitrogens is 1. The van der Waals surface area contributed by atoms with E-state index in [0.717, 1.165) is 77.9 Å². The van der Waals surface area contributed by atoms with Gasteiger partial charge in [-0.15, -0.1) is 0 Å². The van der Waals surface area contributed by atoms with Gasteiger partial charge in [0.2, 0.25) is 0 Å². The molecule has 11 aromatic rings. The Morgan fingerprint density at radius 3 is 2.17 bits per heavy atom. The van der Waals surface area contributed by atoms with Gasteiger partial charge in [-0.05, 0) is 107 Å². The molecule has 11 rings (SSSR count). The van der Waals surface area contributed by atoms with Crippen LogP contribution in [-0.2, 0) is 10.8 Å². The Kier molecular flexibility index (Phi) is 8.31. The van der Waals surface area contributed by atoms with Crippen molar-refractivity contribution in [2.45, 2.75) is 72.1 Å². The van der Waals surface area contributed by atoms with Gasteiger partial charge in [-0.3, -0.25) is 9.13 Å². The number of rotatable bonds is 7. The van der Waals surface area contributed by atoms with E-state index in [1.807, 2.05) is 18.3 Å². The highest BCUT2D eigenvalue weighted by Gasteiger charge is 2.27. The zero-order valence-corrected chi connectivity index (χ0v) is 37.5. The first-order chi connectivity index (χ1) is 32.1. The van der Waals surface area contributed by atoms with Crippen molar-refractivity contribution < 1.29 is 4.11 Å². The van der Waals surface area contributed by atoms with Gasteiger partial charge >= 0.3 is 0 Å². The van der Waals surface area contributed by atoms with E-state index in [0.29, 0.717) is 11.5 Å². The Morgan fingerprint density at radius 1 is 0.609 bits per heavy atom. The lowest BCUT2D eigenvalue weighted by molar-refractivity contribution is 0.596. The number of aromatic amines is 1. The molecule has 1 N–H and O–H groups in total. The summed E-state index contributed by atoms with van der Waals surface area (Å²) in [6.07, 6.45) is 1.93. The summed E-state index contributed by atoms with van der Waals surface area (Å²) in [6.45, 7) is 13.6. The largest absolute Gasteiger partial charge is 0.354 e. The van der Waals surface area contributed by atoms with Gasteiger partial charge < -0.3 is 4.98 Å². The molecule has 314 valence electrons. The van der Waals surface area contributed by atoms with Crippen molar-refractivity contribution in [3.8, 4) is 34.0 Å². The molecular weight excluding hydrogens is 779 g/mol. The van der Waals surface area contributed by atoms with Crippen molar-refractivity contribution in [2.75, 3.05) is 0 Å². The van der Waals surface area contributed by atoms with Crippen molar-refractivity contribution >= 4 is 54.6 Å². The van der Waals surface area contributed by atoms with E-state index < -0.39 is 6.85 Å². The number of fused-ring (bicyclic) bond motifs is 7. The van der Waals surface area contributed by atoms with Crippen LogP contribution in [0.3, 0.4) is 0 Å². The summed E-state index contributed by atoms with van der Waals surface area (Å²) in [5, 5.41) is 4.67. The van der Waals surface area contributed by atoms with E-state index in [-0.39, 0.29) is 10.8 Å². The number of imidazole rings is 1. The number of hydrogen-bond donors (Lipinski definition) is 1. The van der Waals surface area contributed by atoms with E-state index in [9.17, 15) is 0 Å². The van der Waals surface area contributed by atoms with Crippen LogP contribution in [0.15, 0.2) is 164 Å². The third kappa shape index (κ3) is 6.28. The van der Waals surface area contributed by atoms with Gasteiger partial charge in [0.15, 0.2) is 0 Å². The van der Waals surface area contributed by atoms with Gasteiger partial charge in [0.25, 0.3) is 0 Å². The minimum Gasteiger partial charge on any atom is -0.354 e. The molecule has 5 heteroatoms. The Morgan fingerprint density at radius 2 is 1.39 bits per heavy atom. The van der Waals surface area contributed by atoms with Crippen molar-refractivity contribution in [1.82, 2.24) is 24.1 Å². The number of aryl methyl sites for hydroxylation is 1. The first-order valence-corrected chi connectivity index (χ1v) is 22.4.